The highest BCUT2D eigenvalue weighted by atomic mass is 16.6. The summed E-state index contributed by atoms with van der Waals surface area (Å²) in [4.78, 5) is 39.8. The second kappa shape index (κ2) is 9.03. The van der Waals surface area contributed by atoms with Crippen LogP contribution in [0.15, 0.2) is 0 Å². The summed E-state index contributed by atoms with van der Waals surface area (Å²) in [5.41, 5.74) is 4.75. The standard InChI is InChI=1S/C17H32N4O4/c1-12(2)10-13(19-16(24)25-17(3,4)5)15(23)21-8-6-20(7-9-21)14(22)11-18/h12-13H,6-11,18H2,1-5H3,(H,19,24)/t13-/m0/s1. The molecule has 8 heteroatoms. The molecule has 25 heavy (non-hydrogen) atoms. The fourth-order valence-corrected chi connectivity index (χ4v) is 2.67. The summed E-state index contributed by atoms with van der Waals surface area (Å²) in [5, 5.41) is 2.69. The van der Waals surface area contributed by atoms with E-state index in [-0.39, 0.29) is 24.3 Å². The van der Waals surface area contributed by atoms with Crippen molar-refractivity contribution in [2.45, 2.75) is 52.7 Å². The SMILES string of the molecule is CC(C)C[C@H](NC(=O)OC(C)(C)C)C(=O)N1CCN(C(=O)CN)CC1. The Balaban J connectivity index is 2.68. The van der Waals surface area contributed by atoms with Crippen molar-refractivity contribution in [2.75, 3.05) is 32.7 Å². The number of nitrogens with zero attached hydrogens (tertiary/aromatic N) is 2. The van der Waals surface area contributed by atoms with E-state index >= 15 is 0 Å². The average Bonchev–Trinajstić information content (AvgIpc) is 2.50. The molecule has 1 fully saturated rings. The molecule has 0 spiro atoms. The summed E-state index contributed by atoms with van der Waals surface area (Å²) in [6, 6.07) is -0.633. The van der Waals surface area contributed by atoms with Gasteiger partial charge in [-0.2, -0.15) is 0 Å². The van der Waals surface area contributed by atoms with Gasteiger partial charge >= 0.3 is 6.09 Å². The van der Waals surface area contributed by atoms with Gasteiger partial charge in [-0.15, -0.1) is 0 Å². The van der Waals surface area contributed by atoms with Crippen molar-refractivity contribution in [2.24, 2.45) is 11.7 Å². The fourth-order valence-electron chi connectivity index (χ4n) is 2.67. The first kappa shape index (κ1) is 21.2. The minimum absolute atomic E-state index is 0.0237. The monoisotopic (exact) mass is 356 g/mol. The number of hydrogen-bond acceptors (Lipinski definition) is 5. The highest BCUT2D eigenvalue weighted by Crippen LogP contribution is 2.13. The highest BCUT2D eigenvalue weighted by Gasteiger charge is 2.31. The molecule has 1 atom stereocenters. The molecule has 8 nitrogen and oxygen atoms in total. The van der Waals surface area contributed by atoms with E-state index in [2.05, 4.69) is 5.32 Å². The van der Waals surface area contributed by atoms with Crippen molar-refractivity contribution >= 4 is 17.9 Å². The van der Waals surface area contributed by atoms with Gasteiger partial charge in [0.05, 0.1) is 6.54 Å². The Morgan fingerprint density at radius 1 is 1.08 bits per heavy atom. The molecule has 144 valence electrons. The van der Waals surface area contributed by atoms with Gasteiger partial charge < -0.3 is 25.6 Å². The molecule has 1 aliphatic heterocycles. The Bertz CT molecular complexity index is 480. The lowest BCUT2D eigenvalue weighted by atomic mass is 10.0. The van der Waals surface area contributed by atoms with E-state index in [4.69, 9.17) is 10.5 Å². The van der Waals surface area contributed by atoms with Gasteiger partial charge in [0.2, 0.25) is 11.8 Å². The molecule has 1 saturated heterocycles. The minimum atomic E-state index is -0.633. The summed E-state index contributed by atoms with van der Waals surface area (Å²) >= 11 is 0. The number of rotatable bonds is 5. The summed E-state index contributed by atoms with van der Waals surface area (Å²) in [6.45, 7) is 11.1. The molecule has 0 unspecified atom stereocenters. The third-order valence-corrected chi connectivity index (χ3v) is 3.81. The van der Waals surface area contributed by atoms with Crippen LogP contribution >= 0.6 is 0 Å². The lowest BCUT2D eigenvalue weighted by molar-refractivity contribution is -0.140. The normalized spacial score (nSPS) is 16.6. The van der Waals surface area contributed by atoms with Crippen LogP contribution < -0.4 is 11.1 Å². The molecule has 3 amide bonds. The molecule has 0 saturated carbocycles. The van der Waals surface area contributed by atoms with Crippen molar-refractivity contribution in [1.82, 2.24) is 15.1 Å². The molecule has 0 radical (unpaired) electrons. The molecule has 0 aromatic carbocycles. The van der Waals surface area contributed by atoms with Crippen LogP contribution in [-0.2, 0) is 14.3 Å². The van der Waals surface area contributed by atoms with E-state index in [1.165, 1.54) is 0 Å². The van der Waals surface area contributed by atoms with Gasteiger partial charge in [-0.25, -0.2) is 4.79 Å². The Labute approximate surface area is 150 Å². The second-order valence-corrected chi connectivity index (χ2v) is 7.74. The van der Waals surface area contributed by atoms with Gasteiger partial charge in [0.25, 0.3) is 0 Å². The first-order valence-corrected chi connectivity index (χ1v) is 8.79. The van der Waals surface area contributed by atoms with Gasteiger partial charge in [-0.3, -0.25) is 9.59 Å². The molecule has 0 aromatic heterocycles. The maximum atomic E-state index is 12.8. The average molecular weight is 356 g/mol. The molecule has 0 aliphatic carbocycles. The minimum Gasteiger partial charge on any atom is -0.444 e. The summed E-state index contributed by atoms with van der Waals surface area (Å²) in [5.74, 6) is -0.0129. The van der Waals surface area contributed by atoms with Crippen molar-refractivity contribution in [1.29, 1.82) is 0 Å². The summed E-state index contributed by atoms with van der Waals surface area (Å²) < 4.78 is 5.26. The van der Waals surface area contributed by atoms with E-state index in [1.807, 2.05) is 13.8 Å². The Morgan fingerprint density at radius 2 is 1.60 bits per heavy atom. The first-order chi connectivity index (χ1) is 11.5. The second-order valence-electron chi connectivity index (χ2n) is 7.74. The fraction of sp³-hybridized carbons (Fsp3) is 0.824. The number of carbonyl (C=O) groups is 3. The van der Waals surface area contributed by atoms with E-state index in [0.717, 1.165) is 0 Å². The van der Waals surface area contributed by atoms with E-state index in [9.17, 15) is 14.4 Å². The predicted molar refractivity (Wildman–Crippen MR) is 94.8 cm³/mol. The topological polar surface area (TPSA) is 105 Å². The van der Waals surface area contributed by atoms with Crippen molar-refractivity contribution in [3.05, 3.63) is 0 Å². The zero-order valence-electron chi connectivity index (χ0n) is 16.0. The zero-order valence-corrected chi connectivity index (χ0v) is 16.0. The van der Waals surface area contributed by atoms with Crippen molar-refractivity contribution in [3.63, 3.8) is 0 Å². The van der Waals surface area contributed by atoms with E-state index < -0.39 is 17.7 Å². The molecular formula is C17H32N4O4. The number of piperazine rings is 1. The van der Waals surface area contributed by atoms with Crippen molar-refractivity contribution in [3.8, 4) is 0 Å². The molecule has 0 bridgehead atoms. The lowest BCUT2D eigenvalue weighted by Gasteiger charge is -2.36. The molecule has 1 heterocycles. The van der Waals surface area contributed by atoms with Crippen LogP contribution in [0, 0.1) is 5.92 Å². The van der Waals surface area contributed by atoms with Gasteiger partial charge in [-0.1, -0.05) is 13.8 Å². The van der Waals surface area contributed by atoms with Gasteiger partial charge in [-0.05, 0) is 33.1 Å². The third kappa shape index (κ3) is 7.29. The van der Waals surface area contributed by atoms with Gasteiger partial charge in [0, 0.05) is 26.2 Å². The first-order valence-electron chi connectivity index (χ1n) is 8.79. The van der Waals surface area contributed by atoms with E-state index in [1.54, 1.807) is 30.6 Å². The van der Waals surface area contributed by atoms with Crippen LogP contribution in [0.4, 0.5) is 4.79 Å². The lowest BCUT2D eigenvalue weighted by Crippen LogP contribution is -2.57. The summed E-state index contributed by atoms with van der Waals surface area (Å²) in [6.07, 6.45) is -0.0662. The van der Waals surface area contributed by atoms with Gasteiger partial charge in [0.1, 0.15) is 11.6 Å². The van der Waals surface area contributed by atoms with Gasteiger partial charge in [0.15, 0.2) is 0 Å². The third-order valence-electron chi connectivity index (χ3n) is 3.81. The van der Waals surface area contributed by atoms with E-state index in [0.29, 0.717) is 32.6 Å². The molecule has 1 rings (SSSR count). The highest BCUT2D eigenvalue weighted by molar-refractivity contribution is 5.86. The maximum absolute atomic E-state index is 12.8. The number of nitrogens with one attached hydrogen (secondary N) is 1. The van der Waals surface area contributed by atoms with Crippen molar-refractivity contribution < 1.29 is 19.1 Å². The van der Waals surface area contributed by atoms with Crippen LogP contribution in [0.5, 0.6) is 0 Å². The number of hydrogen-bond donors (Lipinski definition) is 2. The molecule has 3 N–H and O–H groups in total. The smallest absolute Gasteiger partial charge is 0.408 e. The maximum Gasteiger partial charge on any atom is 0.408 e. The number of nitrogens with two attached hydrogens (primary N) is 1. The number of amides is 3. The number of ether oxygens (including phenoxy) is 1. The Morgan fingerprint density at radius 3 is 2.04 bits per heavy atom. The van der Waals surface area contributed by atoms with Crippen LogP contribution in [0.2, 0.25) is 0 Å². The molecule has 1 aliphatic rings. The Kier molecular flexibility index (Phi) is 7.66. The van der Waals surface area contributed by atoms with Crippen LogP contribution in [-0.4, -0.2) is 72.1 Å². The zero-order chi connectivity index (χ0) is 19.2. The number of alkyl carbamates (subject to hydrolysis) is 1. The quantitative estimate of drug-likeness (QED) is 0.749. The Hall–Kier alpha value is -1.83. The summed E-state index contributed by atoms with van der Waals surface area (Å²) in [7, 11) is 0. The molecular weight excluding hydrogens is 324 g/mol. The van der Waals surface area contributed by atoms with Crippen LogP contribution in [0.25, 0.3) is 0 Å². The van der Waals surface area contributed by atoms with Crippen LogP contribution in [0.3, 0.4) is 0 Å². The van der Waals surface area contributed by atoms with Crippen LogP contribution in [0.1, 0.15) is 41.0 Å². The molecule has 0 aromatic rings. The number of carbonyl (C=O) groups excluding carboxylic acids is 3. The predicted octanol–water partition coefficient (Wildman–Crippen LogP) is 0.555. The largest absolute Gasteiger partial charge is 0.444 e.